The number of hydrogen-bond acceptors (Lipinski definition) is 3. The van der Waals surface area contributed by atoms with Gasteiger partial charge in [0.1, 0.15) is 11.5 Å². The van der Waals surface area contributed by atoms with Crippen LogP contribution in [0, 0.1) is 0 Å². The van der Waals surface area contributed by atoms with Crippen LogP contribution in [0.25, 0.3) is 0 Å². The third-order valence-corrected chi connectivity index (χ3v) is 4.04. The molecule has 0 radical (unpaired) electrons. The molecule has 1 N–H and O–H groups in total. The molecule has 2 aromatic rings. The molecule has 2 rings (SSSR count). The van der Waals surface area contributed by atoms with Crippen LogP contribution in [0.1, 0.15) is 61.9 Å². The molecule has 0 saturated carbocycles. The smallest absolute Gasteiger partial charge is 0.196 e. The Morgan fingerprint density at radius 1 is 1.04 bits per heavy atom. The van der Waals surface area contributed by atoms with Crippen LogP contribution in [-0.2, 0) is 0 Å². The second-order valence-electron chi connectivity index (χ2n) is 6.04. The van der Waals surface area contributed by atoms with E-state index in [0.29, 0.717) is 16.9 Å². The van der Waals surface area contributed by atoms with E-state index >= 15 is 0 Å². The fraction of sp³-hybridized carbons (Fsp3) is 0.381. The van der Waals surface area contributed by atoms with Gasteiger partial charge < -0.3 is 9.84 Å². The number of ketones is 1. The fourth-order valence-electron chi connectivity index (χ4n) is 2.73. The summed E-state index contributed by atoms with van der Waals surface area (Å²) in [5, 5.41) is 10.2. The molecule has 0 aliphatic carbocycles. The lowest BCUT2D eigenvalue weighted by atomic mass is 10.0. The summed E-state index contributed by atoms with van der Waals surface area (Å²) in [6.07, 6.45) is 5.48. The second-order valence-corrected chi connectivity index (χ2v) is 6.04. The van der Waals surface area contributed by atoms with Gasteiger partial charge in [0, 0.05) is 11.6 Å². The van der Waals surface area contributed by atoms with Crippen molar-refractivity contribution in [2.24, 2.45) is 0 Å². The maximum absolute atomic E-state index is 12.4. The van der Waals surface area contributed by atoms with Gasteiger partial charge in [0.25, 0.3) is 0 Å². The van der Waals surface area contributed by atoms with E-state index in [9.17, 15) is 9.90 Å². The molecule has 3 nitrogen and oxygen atoms in total. The molecule has 0 aliphatic rings. The Labute approximate surface area is 144 Å². The van der Waals surface area contributed by atoms with E-state index in [2.05, 4.69) is 13.8 Å². The zero-order valence-electron chi connectivity index (χ0n) is 14.5. The van der Waals surface area contributed by atoms with Crippen molar-refractivity contribution in [1.82, 2.24) is 0 Å². The summed E-state index contributed by atoms with van der Waals surface area (Å²) < 4.78 is 6.01. The molecule has 0 bridgehead atoms. The van der Waals surface area contributed by atoms with E-state index < -0.39 is 0 Å². The van der Waals surface area contributed by atoms with Crippen LogP contribution < -0.4 is 4.74 Å². The summed E-state index contributed by atoms with van der Waals surface area (Å²) in [4.78, 5) is 12.4. The van der Waals surface area contributed by atoms with E-state index in [0.717, 1.165) is 32.1 Å². The Morgan fingerprint density at radius 2 is 1.79 bits per heavy atom. The van der Waals surface area contributed by atoms with Crippen molar-refractivity contribution in [1.29, 1.82) is 0 Å². The topological polar surface area (TPSA) is 46.5 Å². The molecule has 0 aromatic heterocycles. The Bertz CT molecular complexity index is 649. The van der Waals surface area contributed by atoms with E-state index in [1.165, 1.54) is 0 Å². The molecule has 3 heteroatoms. The number of phenols is 1. The highest BCUT2D eigenvalue weighted by molar-refractivity contribution is 6.10. The molecular formula is C21H26O3. The van der Waals surface area contributed by atoms with Gasteiger partial charge in [-0.15, -0.1) is 0 Å². The molecule has 0 aliphatic heterocycles. The molecule has 24 heavy (non-hydrogen) atoms. The number of rotatable bonds is 9. The summed E-state index contributed by atoms with van der Waals surface area (Å²) in [7, 11) is 0. The Balaban J connectivity index is 2.12. The normalized spacial score (nSPS) is 11.9. The average molecular weight is 326 g/mol. The van der Waals surface area contributed by atoms with Crippen molar-refractivity contribution in [2.75, 3.05) is 0 Å². The van der Waals surface area contributed by atoms with Crippen molar-refractivity contribution in [3.63, 3.8) is 0 Å². The molecule has 0 amide bonds. The fourth-order valence-corrected chi connectivity index (χ4v) is 2.73. The zero-order chi connectivity index (χ0) is 17.4. The van der Waals surface area contributed by atoms with Crippen LogP contribution in [0.4, 0.5) is 0 Å². The molecule has 0 spiro atoms. The first kappa shape index (κ1) is 18.1. The Kier molecular flexibility index (Phi) is 6.86. The van der Waals surface area contributed by atoms with Crippen LogP contribution in [-0.4, -0.2) is 17.0 Å². The van der Waals surface area contributed by atoms with Crippen molar-refractivity contribution in [3.8, 4) is 11.5 Å². The minimum Gasteiger partial charge on any atom is -0.507 e. The van der Waals surface area contributed by atoms with Crippen LogP contribution in [0.5, 0.6) is 11.5 Å². The predicted octanol–water partition coefficient (Wildman–Crippen LogP) is 5.36. The molecular weight excluding hydrogens is 300 g/mol. The van der Waals surface area contributed by atoms with Gasteiger partial charge in [-0.3, -0.25) is 4.79 Å². The highest BCUT2D eigenvalue weighted by atomic mass is 16.5. The first-order chi connectivity index (χ1) is 11.7. The van der Waals surface area contributed by atoms with E-state index in [1.807, 2.05) is 18.2 Å². The van der Waals surface area contributed by atoms with Gasteiger partial charge >= 0.3 is 0 Å². The van der Waals surface area contributed by atoms with E-state index in [1.54, 1.807) is 30.3 Å². The molecule has 0 heterocycles. The highest BCUT2D eigenvalue weighted by Crippen LogP contribution is 2.27. The number of unbranched alkanes of at least 4 members (excludes halogenated alkanes) is 1. The van der Waals surface area contributed by atoms with E-state index in [4.69, 9.17) is 4.74 Å². The highest BCUT2D eigenvalue weighted by Gasteiger charge is 2.15. The van der Waals surface area contributed by atoms with Gasteiger partial charge in [-0.05, 0) is 25.0 Å². The summed E-state index contributed by atoms with van der Waals surface area (Å²) in [6, 6.07) is 13.9. The van der Waals surface area contributed by atoms with Gasteiger partial charge in [-0.25, -0.2) is 0 Å². The molecule has 0 fully saturated rings. The molecule has 128 valence electrons. The van der Waals surface area contributed by atoms with Gasteiger partial charge in [-0.2, -0.15) is 0 Å². The quantitative estimate of drug-likeness (QED) is 0.631. The lowest BCUT2D eigenvalue weighted by Gasteiger charge is -2.19. The van der Waals surface area contributed by atoms with Crippen LogP contribution >= 0.6 is 0 Å². The maximum Gasteiger partial charge on any atom is 0.196 e. The van der Waals surface area contributed by atoms with Crippen LogP contribution in [0.2, 0.25) is 0 Å². The molecule has 0 saturated heterocycles. The van der Waals surface area contributed by atoms with Gasteiger partial charge in [0.15, 0.2) is 5.78 Å². The number of benzene rings is 2. The summed E-state index contributed by atoms with van der Waals surface area (Å²) in [5.74, 6) is 0.398. The maximum atomic E-state index is 12.4. The first-order valence-electron chi connectivity index (χ1n) is 8.75. The number of aromatic hydroxyl groups is 1. The Morgan fingerprint density at radius 3 is 2.42 bits per heavy atom. The standard InChI is InChI=1S/C21H26O3/c1-3-5-12-17(9-4-2)24-18-13-14-19(20(22)15-18)21(23)16-10-7-6-8-11-16/h6-8,10-11,13-15,17,22H,3-5,9,12H2,1-2H3. The van der Waals surface area contributed by atoms with Gasteiger partial charge in [-0.1, -0.05) is 63.4 Å². The number of phenolic OH excluding ortho intramolecular Hbond substituents is 1. The van der Waals surface area contributed by atoms with Crippen LogP contribution in [0.3, 0.4) is 0 Å². The lowest BCUT2D eigenvalue weighted by Crippen LogP contribution is -2.16. The molecule has 2 aromatic carbocycles. The summed E-state index contributed by atoms with van der Waals surface area (Å²) in [5.41, 5.74) is 0.863. The summed E-state index contributed by atoms with van der Waals surface area (Å²) in [6.45, 7) is 4.31. The summed E-state index contributed by atoms with van der Waals surface area (Å²) >= 11 is 0. The van der Waals surface area contributed by atoms with Crippen LogP contribution in [0.15, 0.2) is 48.5 Å². The van der Waals surface area contributed by atoms with Crippen molar-refractivity contribution >= 4 is 5.78 Å². The largest absolute Gasteiger partial charge is 0.507 e. The molecule has 1 unspecified atom stereocenters. The number of ether oxygens (including phenoxy) is 1. The first-order valence-corrected chi connectivity index (χ1v) is 8.75. The molecule has 1 atom stereocenters. The van der Waals surface area contributed by atoms with Crippen molar-refractivity contribution in [2.45, 2.75) is 52.1 Å². The van der Waals surface area contributed by atoms with Crippen molar-refractivity contribution in [3.05, 3.63) is 59.7 Å². The van der Waals surface area contributed by atoms with Crippen molar-refractivity contribution < 1.29 is 14.6 Å². The number of carbonyl (C=O) groups is 1. The van der Waals surface area contributed by atoms with E-state index in [-0.39, 0.29) is 17.6 Å². The van der Waals surface area contributed by atoms with Gasteiger partial charge in [0.05, 0.1) is 11.7 Å². The second kappa shape index (κ2) is 9.11. The zero-order valence-corrected chi connectivity index (χ0v) is 14.5. The minimum absolute atomic E-state index is 0.0351. The lowest BCUT2D eigenvalue weighted by molar-refractivity contribution is 0.103. The van der Waals surface area contributed by atoms with Gasteiger partial charge in [0.2, 0.25) is 0 Å². The Hall–Kier alpha value is -2.29. The number of hydrogen-bond donors (Lipinski definition) is 1. The SMILES string of the molecule is CCCCC(CCC)Oc1ccc(C(=O)c2ccccc2)c(O)c1. The minimum atomic E-state index is -0.184. The predicted molar refractivity (Wildman–Crippen MR) is 96.8 cm³/mol. The third kappa shape index (κ3) is 4.85. The number of carbonyl (C=O) groups excluding carboxylic acids is 1. The average Bonchev–Trinajstić information content (AvgIpc) is 2.60. The monoisotopic (exact) mass is 326 g/mol. The third-order valence-electron chi connectivity index (χ3n) is 4.04.